The number of hydrogen-bond donors (Lipinski definition) is 0. The molecule has 0 unspecified atom stereocenters. The van der Waals surface area contributed by atoms with E-state index in [0.29, 0.717) is 17.1 Å². The lowest BCUT2D eigenvalue weighted by Gasteiger charge is -2.21. The Morgan fingerprint density at radius 2 is 1.77 bits per heavy atom. The maximum absolute atomic E-state index is 12.5. The van der Waals surface area contributed by atoms with Gasteiger partial charge in [-0.3, -0.25) is 24.1 Å². The summed E-state index contributed by atoms with van der Waals surface area (Å²) in [5.74, 6) is -0.295. The second-order valence-electron chi connectivity index (χ2n) is 7.69. The van der Waals surface area contributed by atoms with Crippen LogP contribution < -0.4 is 0 Å². The normalized spacial score (nSPS) is 15.7. The van der Waals surface area contributed by atoms with E-state index in [1.54, 1.807) is 57.2 Å². The number of ether oxygens (including phenoxy) is 1. The van der Waals surface area contributed by atoms with Crippen LogP contribution >= 0.6 is 11.8 Å². The van der Waals surface area contributed by atoms with Gasteiger partial charge in [-0.15, -0.1) is 0 Å². The first kappa shape index (κ1) is 21.6. The molecule has 0 spiro atoms. The minimum atomic E-state index is -0.706. The van der Waals surface area contributed by atoms with Gasteiger partial charge in [-0.25, -0.2) is 0 Å². The van der Waals surface area contributed by atoms with Crippen LogP contribution in [0.25, 0.3) is 17.4 Å². The van der Waals surface area contributed by atoms with E-state index in [0.717, 1.165) is 22.2 Å². The third-order valence-corrected chi connectivity index (χ3v) is 4.96. The summed E-state index contributed by atoms with van der Waals surface area (Å²) in [6.45, 7) is 6.18. The average molecular weight is 427 g/mol. The van der Waals surface area contributed by atoms with Crippen molar-refractivity contribution in [2.24, 2.45) is 0 Å². The molecule has 0 aliphatic carbocycles. The van der Waals surface area contributed by atoms with Gasteiger partial charge in [0.15, 0.2) is 5.78 Å². The largest absolute Gasteiger partial charge is 0.459 e. The van der Waals surface area contributed by atoms with Crippen LogP contribution in [0.5, 0.6) is 0 Å². The molecule has 156 valence electrons. The lowest BCUT2D eigenvalue weighted by atomic mass is 10.1. The molecule has 1 saturated heterocycles. The zero-order valence-corrected chi connectivity index (χ0v) is 17.9. The minimum absolute atomic E-state index is 0.0243. The number of furan rings is 1. The summed E-state index contributed by atoms with van der Waals surface area (Å²) in [6.07, 6.45) is 1.47. The highest BCUT2D eigenvalue weighted by molar-refractivity contribution is 8.18. The molecule has 0 radical (unpaired) electrons. The molecule has 3 rings (SSSR count). The molecule has 7 nitrogen and oxygen atoms in total. The Kier molecular flexibility index (Phi) is 5.98. The number of carbonyl (C=O) groups is 4. The molecule has 0 bridgehead atoms. The number of Topliss-reactive ketones (excluding diaryl/α,β-unsaturated/α-hetero) is 1. The van der Waals surface area contributed by atoms with Crippen molar-refractivity contribution >= 4 is 40.7 Å². The van der Waals surface area contributed by atoms with Crippen LogP contribution in [-0.4, -0.2) is 39.9 Å². The summed E-state index contributed by atoms with van der Waals surface area (Å²) in [5.41, 5.74) is 0.670. The van der Waals surface area contributed by atoms with E-state index in [2.05, 4.69) is 0 Å². The van der Waals surface area contributed by atoms with Crippen LogP contribution in [0.15, 0.2) is 45.7 Å². The first-order valence-corrected chi connectivity index (χ1v) is 10.0. The van der Waals surface area contributed by atoms with Crippen LogP contribution in [-0.2, 0) is 14.3 Å². The molecular formula is C22H21NO6S. The fraction of sp³-hybridized carbons (Fsp3) is 0.273. The Bertz CT molecular complexity index is 1040. The molecule has 0 atom stereocenters. The highest BCUT2D eigenvalue weighted by Crippen LogP contribution is 2.33. The van der Waals surface area contributed by atoms with Gasteiger partial charge in [0.25, 0.3) is 11.1 Å². The summed E-state index contributed by atoms with van der Waals surface area (Å²) in [4.78, 5) is 49.1. The maximum Gasteiger partial charge on any atom is 0.326 e. The van der Waals surface area contributed by atoms with Crippen molar-refractivity contribution in [2.45, 2.75) is 33.3 Å². The Hall–Kier alpha value is -3.13. The fourth-order valence-electron chi connectivity index (χ4n) is 2.72. The number of imide groups is 1. The molecule has 1 fully saturated rings. The van der Waals surface area contributed by atoms with E-state index in [-0.39, 0.29) is 10.7 Å². The molecule has 2 amide bonds. The number of thioether (sulfide) groups is 1. The Balaban J connectivity index is 1.73. The molecule has 8 heteroatoms. The van der Waals surface area contributed by atoms with Crippen LogP contribution in [0.4, 0.5) is 4.79 Å². The summed E-state index contributed by atoms with van der Waals surface area (Å²) in [6, 6.07) is 10.4. The average Bonchev–Trinajstić information content (AvgIpc) is 3.21. The lowest BCUT2D eigenvalue weighted by molar-refractivity contribution is -0.156. The van der Waals surface area contributed by atoms with Gasteiger partial charge in [-0.05, 0) is 51.6 Å². The standard InChI is InChI=1S/C22H21NO6S/c1-13(24)14-5-7-15(8-6-14)17-10-9-16(28-17)11-18-20(26)23(21(27)30-18)12-19(25)29-22(2,3)4/h5-11H,12H2,1-4H3. The number of hydrogen-bond acceptors (Lipinski definition) is 7. The molecule has 2 aromatic rings. The number of rotatable bonds is 5. The summed E-state index contributed by atoms with van der Waals surface area (Å²) in [7, 11) is 0. The lowest BCUT2D eigenvalue weighted by Crippen LogP contribution is -2.37. The van der Waals surface area contributed by atoms with Gasteiger partial charge < -0.3 is 9.15 Å². The molecule has 1 aromatic carbocycles. The highest BCUT2D eigenvalue weighted by Gasteiger charge is 2.37. The maximum atomic E-state index is 12.5. The Labute approximate surface area is 178 Å². The predicted octanol–water partition coefficient (Wildman–Crippen LogP) is 4.53. The summed E-state index contributed by atoms with van der Waals surface area (Å²) >= 11 is 0.740. The number of esters is 1. The van der Waals surface area contributed by atoms with E-state index in [4.69, 9.17) is 9.15 Å². The van der Waals surface area contributed by atoms with Gasteiger partial charge in [0.2, 0.25) is 0 Å². The minimum Gasteiger partial charge on any atom is -0.459 e. The zero-order chi connectivity index (χ0) is 22.1. The third-order valence-electron chi connectivity index (χ3n) is 4.06. The van der Waals surface area contributed by atoms with Crippen molar-refractivity contribution in [3.8, 4) is 11.3 Å². The predicted molar refractivity (Wildman–Crippen MR) is 113 cm³/mol. The van der Waals surface area contributed by atoms with Gasteiger partial charge in [-0.2, -0.15) is 0 Å². The molecule has 1 aliphatic rings. The van der Waals surface area contributed by atoms with Gasteiger partial charge in [0.1, 0.15) is 23.7 Å². The molecule has 1 aliphatic heterocycles. The van der Waals surface area contributed by atoms with Crippen molar-refractivity contribution in [3.63, 3.8) is 0 Å². The van der Waals surface area contributed by atoms with Crippen molar-refractivity contribution in [2.75, 3.05) is 6.54 Å². The third kappa shape index (κ3) is 5.07. The van der Waals surface area contributed by atoms with E-state index >= 15 is 0 Å². The Morgan fingerprint density at radius 3 is 2.37 bits per heavy atom. The van der Waals surface area contributed by atoms with Gasteiger partial charge >= 0.3 is 5.97 Å². The second-order valence-corrected chi connectivity index (χ2v) is 8.68. The van der Waals surface area contributed by atoms with Crippen LogP contribution in [0.1, 0.15) is 43.8 Å². The summed E-state index contributed by atoms with van der Waals surface area (Å²) < 4.78 is 10.9. The molecule has 0 saturated carbocycles. The van der Waals surface area contributed by atoms with E-state index < -0.39 is 29.3 Å². The quantitative estimate of drug-likeness (QED) is 0.393. The number of amides is 2. The molecule has 0 N–H and O–H groups in total. The van der Waals surface area contributed by atoms with Gasteiger partial charge in [-0.1, -0.05) is 24.3 Å². The van der Waals surface area contributed by atoms with Crippen molar-refractivity contribution < 1.29 is 28.3 Å². The van der Waals surface area contributed by atoms with Crippen molar-refractivity contribution in [1.82, 2.24) is 4.90 Å². The van der Waals surface area contributed by atoms with Gasteiger partial charge in [0, 0.05) is 17.2 Å². The second kappa shape index (κ2) is 8.31. The van der Waals surface area contributed by atoms with Crippen LogP contribution in [0.2, 0.25) is 0 Å². The molecule has 30 heavy (non-hydrogen) atoms. The zero-order valence-electron chi connectivity index (χ0n) is 17.1. The molecule has 2 heterocycles. The topological polar surface area (TPSA) is 93.9 Å². The van der Waals surface area contributed by atoms with E-state index in [1.165, 1.54) is 13.0 Å². The first-order valence-electron chi connectivity index (χ1n) is 9.22. The number of carbonyl (C=O) groups excluding carboxylic acids is 4. The van der Waals surface area contributed by atoms with Crippen molar-refractivity contribution in [3.05, 3.63) is 52.6 Å². The van der Waals surface area contributed by atoms with E-state index in [1.807, 2.05) is 0 Å². The molecule has 1 aromatic heterocycles. The number of nitrogens with zero attached hydrogens (tertiary/aromatic N) is 1. The van der Waals surface area contributed by atoms with Gasteiger partial charge in [0.05, 0.1) is 4.91 Å². The SMILES string of the molecule is CC(=O)c1ccc(-c2ccc(C=C3SC(=O)N(CC(=O)OC(C)(C)C)C3=O)o2)cc1. The summed E-state index contributed by atoms with van der Waals surface area (Å²) in [5, 5.41) is -0.538. The first-order chi connectivity index (χ1) is 14.0. The van der Waals surface area contributed by atoms with Crippen LogP contribution in [0, 0.1) is 0 Å². The van der Waals surface area contributed by atoms with Crippen LogP contribution in [0.3, 0.4) is 0 Å². The number of ketones is 1. The number of benzene rings is 1. The molecular weight excluding hydrogens is 406 g/mol. The van der Waals surface area contributed by atoms with Crippen molar-refractivity contribution in [1.29, 1.82) is 0 Å². The highest BCUT2D eigenvalue weighted by atomic mass is 32.2. The van der Waals surface area contributed by atoms with E-state index in [9.17, 15) is 19.2 Å². The Morgan fingerprint density at radius 1 is 1.10 bits per heavy atom. The fourth-order valence-corrected chi connectivity index (χ4v) is 3.54. The monoisotopic (exact) mass is 427 g/mol. The smallest absolute Gasteiger partial charge is 0.326 e.